The zero-order valence-electron chi connectivity index (χ0n) is 8.71. The lowest BCUT2D eigenvalue weighted by molar-refractivity contribution is 0.338. The third-order valence-corrected chi connectivity index (χ3v) is 2.50. The Balaban J connectivity index is 2.70. The molecule has 0 radical (unpaired) electrons. The van der Waals surface area contributed by atoms with Crippen molar-refractivity contribution in [2.75, 3.05) is 13.1 Å². The van der Waals surface area contributed by atoms with Gasteiger partial charge in [-0.05, 0) is 32.3 Å². The standard InChI is InChI=1S/C12H19N/c1-4-6-8-12-9-7-10-13(5-2)11(12)3/h4,6,8H,3,5,7,9-10H2,1-2H3/b6-4-,12-8-. The fourth-order valence-electron chi connectivity index (χ4n) is 1.68. The van der Waals surface area contributed by atoms with Crippen LogP contribution in [0, 0.1) is 0 Å². The Kier molecular flexibility index (Phi) is 3.81. The van der Waals surface area contributed by atoms with Gasteiger partial charge < -0.3 is 4.90 Å². The maximum absolute atomic E-state index is 4.12. The SMILES string of the molecule is C=C1/C(=C\C=C/C)CCCN1CC. The lowest BCUT2D eigenvalue weighted by Gasteiger charge is -2.31. The van der Waals surface area contributed by atoms with E-state index in [1.54, 1.807) is 0 Å². The van der Waals surface area contributed by atoms with E-state index in [2.05, 4.69) is 36.6 Å². The maximum atomic E-state index is 4.12. The number of rotatable bonds is 2. The van der Waals surface area contributed by atoms with Crippen LogP contribution in [-0.4, -0.2) is 18.0 Å². The molecule has 0 saturated carbocycles. The highest BCUT2D eigenvalue weighted by Crippen LogP contribution is 2.24. The van der Waals surface area contributed by atoms with E-state index in [1.807, 2.05) is 6.92 Å². The van der Waals surface area contributed by atoms with Gasteiger partial charge in [0.15, 0.2) is 0 Å². The zero-order valence-corrected chi connectivity index (χ0v) is 8.71. The number of allylic oxidation sites excluding steroid dienone is 4. The van der Waals surface area contributed by atoms with Crippen molar-refractivity contribution >= 4 is 0 Å². The third kappa shape index (κ3) is 2.48. The summed E-state index contributed by atoms with van der Waals surface area (Å²) in [7, 11) is 0. The summed E-state index contributed by atoms with van der Waals surface area (Å²) in [6.07, 6.45) is 8.78. The topological polar surface area (TPSA) is 3.24 Å². The normalized spacial score (nSPS) is 21.8. The average Bonchev–Trinajstić information content (AvgIpc) is 2.16. The van der Waals surface area contributed by atoms with Gasteiger partial charge in [0, 0.05) is 18.8 Å². The molecule has 0 atom stereocenters. The van der Waals surface area contributed by atoms with Crippen LogP contribution in [0.1, 0.15) is 26.7 Å². The van der Waals surface area contributed by atoms with Gasteiger partial charge in [-0.3, -0.25) is 0 Å². The van der Waals surface area contributed by atoms with Gasteiger partial charge in [-0.25, -0.2) is 0 Å². The lowest BCUT2D eigenvalue weighted by Crippen LogP contribution is -2.28. The van der Waals surface area contributed by atoms with Crippen LogP contribution in [0.25, 0.3) is 0 Å². The first-order valence-corrected chi connectivity index (χ1v) is 5.05. The Labute approximate surface area is 81.4 Å². The lowest BCUT2D eigenvalue weighted by atomic mass is 10.0. The van der Waals surface area contributed by atoms with Gasteiger partial charge in [-0.1, -0.05) is 24.8 Å². The molecule has 1 aliphatic rings. The van der Waals surface area contributed by atoms with E-state index in [0.29, 0.717) is 0 Å². The number of hydrogen-bond donors (Lipinski definition) is 0. The van der Waals surface area contributed by atoms with Crippen LogP contribution >= 0.6 is 0 Å². The summed E-state index contributed by atoms with van der Waals surface area (Å²) in [5.41, 5.74) is 2.61. The molecule has 0 aromatic carbocycles. The largest absolute Gasteiger partial charge is 0.372 e. The van der Waals surface area contributed by atoms with E-state index in [1.165, 1.54) is 30.7 Å². The first-order valence-electron chi connectivity index (χ1n) is 5.05. The highest BCUT2D eigenvalue weighted by molar-refractivity contribution is 5.32. The van der Waals surface area contributed by atoms with Crippen LogP contribution in [0.4, 0.5) is 0 Å². The van der Waals surface area contributed by atoms with Gasteiger partial charge >= 0.3 is 0 Å². The molecule has 0 unspecified atom stereocenters. The molecule has 1 saturated heterocycles. The summed E-state index contributed by atoms with van der Waals surface area (Å²) in [5.74, 6) is 0. The van der Waals surface area contributed by atoms with Gasteiger partial charge in [0.05, 0.1) is 0 Å². The predicted molar refractivity (Wildman–Crippen MR) is 58.5 cm³/mol. The molecule has 1 rings (SSSR count). The minimum Gasteiger partial charge on any atom is -0.372 e. The van der Waals surface area contributed by atoms with Crippen molar-refractivity contribution in [2.45, 2.75) is 26.7 Å². The number of hydrogen-bond acceptors (Lipinski definition) is 1. The smallest absolute Gasteiger partial charge is 0.0325 e. The summed E-state index contributed by atoms with van der Waals surface area (Å²) in [4.78, 5) is 2.35. The van der Waals surface area contributed by atoms with Gasteiger partial charge in [0.1, 0.15) is 0 Å². The molecule has 0 amide bonds. The highest BCUT2D eigenvalue weighted by atomic mass is 15.1. The summed E-state index contributed by atoms with van der Waals surface area (Å²) < 4.78 is 0. The molecule has 0 N–H and O–H groups in total. The number of piperidine rings is 1. The summed E-state index contributed by atoms with van der Waals surface area (Å²) in [5, 5.41) is 0. The van der Waals surface area contributed by atoms with Gasteiger partial charge in [-0.15, -0.1) is 0 Å². The molecule has 72 valence electrons. The summed E-state index contributed by atoms with van der Waals surface area (Å²) in [6.45, 7) is 10.6. The Bertz CT molecular complexity index is 236. The summed E-state index contributed by atoms with van der Waals surface area (Å²) >= 11 is 0. The average molecular weight is 177 g/mol. The third-order valence-electron chi connectivity index (χ3n) is 2.50. The van der Waals surface area contributed by atoms with Crippen LogP contribution < -0.4 is 0 Å². The Hall–Kier alpha value is -0.980. The monoisotopic (exact) mass is 177 g/mol. The van der Waals surface area contributed by atoms with Crippen LogP contribution in [0.2, 0.25) is 0 Å². The molecule has 13 heavy (non-hydrogen) atoms. The van der Waals surface area contributed by atoms with Crippen molar-refractivity contribution in [3.05, 3.63) is 36.1 Å². The molecule has 0 bridgehead atoms. The van der Waals surface area contributed by atoms with Crippen molar-refractivity contribution in [3.8, 4) is 0 Å². The molecule has 1 nitrogen and oxygen atoms in total. The van der Waals surface area contributed by atoms with Crippen LogP contribution in [0.15, 0.2) is 36.1 Å². The maximum Gasteiger partial charge on any atom is 0.0325 e. The van der Waals surface area contributed by atoms with E-state index in [0.717, 1.165) is 6.54 Å². The van der Waals surface area contributed by atoms with Crippen molar-refractivity contribution in [1.29, 1.82) is 0 Å². The van der Waals surface area contributed by atoms with Gasteiger partial charge in [0.25, 0.3) is 0 Å². The van der Waals surface area contributed by atoms with E-state index >= 15 is 0 Å². The van der Waals surface area contributed by atoms with Crippen molar-refractivity contribution in [3.63, 3.8) is 0 Å². The molecule has 0 aliphatic carbocycles. The molecule has 0 spiro atoms. The Morgan fingerprint density at radius 2 is 2.31 bits per heavy atom. The van der Waals surface area contributed by atoms with Gasteiger partial charge in [0.2, 0.25) is 0 Å². The summed E-state index contributed by atoms with van der Waals surface area (Å²) in [6, 6.07) is 0. The number of likely N-dealkylation sites (N-methyl/N-ethyl adjacent to an activating group) is 1. The van der Waals surface area contributed by atoms with E-state index < -0.39 is 0 Å². The molecule has 1 aliphatic heterocycles. The quantitative estimate of drug-likeness (QED) is 0.626. The molecular weight excluding hydrogens is 158 g/mol. The van der Waals surface area contributed by atoms with Crippen molar-refractivity contribution < 1.29 is 0 Å². The molecule has 1 heteroatoms. The minimum atomic E-state index is 1.08. The van der Waals surface area contributed by atoms with E-state index in [-0.39, 0.29) is 0 Å². The van der Waals surface area contributed by atoms with Crippen molar-refractivity contribution in [2.24, 2.45) is 0 Å². The molecule has 1 fully saturated rings. The van der Waals surface area contributed by atoms with Crippen LogP contribution in [0.3, 0.4) is 0 Å². The fraction of sp³-hybridized carbons (Fsp3) is 0.500. The zero-order chi connectivity index (χ0) is 9.68. The predicted octanol–water partition coefficient (Wildman–Crippen LogP) is 3.12. The first-order chi connectivity index (χ1) is 6.29. The van der Waals surface area contributed by atoms with E-state index in [4.69, 9.17) is 0 Å². The minimum absolute atomic E-state index is 1.08. The van der Waals surface area contributed by atoms with Crippen LogP contribution in [0.5, 0.6) is 0 Å². The Morgan fingerprint density at radius 3 is 2.92 bits per heavy atom. The fourth-order valence-corrected chi connectivity index (χ4v) is 1.68. The van der Waals surface area contributed by atoms with E-state index in [9.17, 15) is 0 Å². The molecule has 0 aromatic heterocycles. The van der Waals surface area contributed by atoms with Crippen molar-refractivity contribution in [1.82, 2.24) is 4.90 Å². The van der Waals surface area contributed by atoms with Gasteiger partial charge in [-0.2, -0.15) is 0 Å². The second-order valence-corrected chi connectivity index (χ2v) is 3.35. The molecular formula is C12H19N. The van der Waals surface area contributed by atoms with Crippen LogP contribution in [-0.2, 0) is 0 Å². The highest BCUT2D eigenvalue weighted by Gasteiger charge is 2.14. The molecule has 1 heterocycles. The first kappa shape index (κ1) is 10.1. The number of nitrogens with zero attached hydrogens (tertiary/aromatic N) is 1. The second-order valence-electron chi connectivity index (χ2n) is 3.35. The second kappa shape index (κ2) is 4.90. The number of likely N-dealkylation sites (tertiary alicyclic amines) is 1. The Morgan fingerprint density at radius 1 is 1.54 bits per heavy atom. The molecule has 0 aromatic rings.